The van der Waals surface area contributed by atoms with Crippen LogP contribution in [0.2, 0.25) is 0 Å². The first-order valence-electron chi connectivity index (χ1n) is 8.43. The van der Waals surface area contributed by atoms with Crippen LogP contribution < -0.4 is 10.2 Å². The highest BCUT2D eigenvalue weighted by Crippen LogP contribution is 2.31. The Morgan fingerprint density at radius 2 is 2.00 bits per heavy atom. The summed E-state index contributed by atoms with van der Waals surface area (Å²) in [5.74, 6) is 1.87. The molecule has 142 valence electrons. The number of amides is 1. The van der Waals surface area contributed by atoms with E-state index < -0.39 is 34.8 Å². The summed E-state index contributed by atoms with van der Waals surface area (Å²) in [7, 11) is 0. The molecule has 2 fully saturated rings. The topological polar surface area (TPSA) is 64.6 Å². The van der Waals surface area contributed by atoms with Crippen LogP contribution in [0.1, 0.15) is 24.3 Å². The van der Waals surface area contributed by atoms with Gasteiger partial charge in [-0.3, -0.25) is 4.90 Å². The molecule has 1 aromatic rings. The third-order valence-electron chi connectivity index (χ3n) is 4.64. The van der Waals surface area contributed by atoms with Gasteiger partial charge in [-0.05, 0) is 36.5 Å². The van der Waals surface area contributed by atoms with Gasteiger partial charge in [-0.25, -0.2) is 13.6 Å². The van der Waals surface area contributed by atoms with Crippen molar-refractivity contribution < 1.29 is 22.9 Å². The van der Waals surface area contributed by atoms with Crippen LogP contribution in [0.5, 0.6) is 0 Å². The average Bonchev–Trinajstić information content (AvgIpc) is 3.01. The molecule has 1 atom stereocenters. The molecule has 0 aliphatic carbocycles. The molecular formula is C17H20F2N2O3S2. The van der Waals surface area contributed by atoms with Gasteiger partial charge in [0.2, 0.25) is 0 Å². The quantitative estimate of drug-likeness (QED) is 0.606. The Balaban J connectivity index is 1.57. The fraction of sp³-hybridized carbons (Fsp3) is 0.529. The summed E-state index contributed by atoms with van der Waals surface area (Å²) in [6.07, 6.45) is -1.93. The summed E-state index contributed by atoms with van der Waals surface area (Å²) >= 11 is 3.82. The summed E-state index contributed by atoms with van der Waals surface area (Å²) in [4.78, 5) is 13.0. The van der Waals surface area contributed by atoms with Crippen molar-refractivity contribution in [1.29, 1.82) is 0 Å². The van der Waals surface area contributed by atoms with Crippen LogP contribution in [-0.4, -0.2) is 52.8 Å². The summed E-state index contributed by atoms with van der Waals surface area (Å²) < 4.78 is 41.5. The van der Waals surface area contributed by atoms with Crippen LogP contribution in [-0.2, 0) is 15.9 Å². The fourth-order valence-corrected chi connectivity index (χ4v) is 4.57. The number of cyclic esters (lactones) is 1. The maximum absolute atomic E-state index is 12.4. The first kappa shape index (κ1) is 19.3. The number of nitrogens with one attached hydrogen (secondary N) is 1. The number of alkyl halides is 2. The van der Waals surface area contributed by atoms with E-state index >= 15 is 0 Å². The van der Waals surface area contributed by atoms with Gasteiger partial charge in [-0.15, -0.1) is 0 Å². The molecule has 5 nitrogen and oxygen atoms in total. The molecule has 2 heterocycles. The number of hydrogen-bond donors (Lipinski definition) is 1. The standard InChI is InChI=1S/C17H20F2N2O3S2/c18-15(19)16(25)20-9-14-10-21(17(22)24-14)13-3-1-11(2-4-13)12-5-7-26(23)8-6-12/h1-4,12,14-15H,5-10H2,(H,20,25)/t12?,14-,26?/m0/s1. The summed E-state index contributed by atoms with van der Waals surface area (Å²) in [6.45, 7) is 0.335. The first-order valence-corrected chi connectivity index (χ1v) is 10.3. The van der Waals surface area contributed by atoms with Gasteiger partial charge in [0, 0.05) is 5.69 Å². The van der Waals surface area contributed by atoms with Gasteiger partial charge in [0.25, 0.3) is 6.43 Å². The van der Waals surface area contributed by atoms with Gasteiger partial charge in [0.05, 0.1) is 13.1 Å². The molecule has 1 amide bonds. The summed E-state index contributed by atoms with van der Waals surface area (Å²) in [6, 6.07) is 7.70. The van der Waals surface area contributed by atoms with Crippen molar-refractivity contribution >= 4 is 40.2 Å². The van der Waals surface area contributed by atoms with Crippen LogP contribution in [0.4, 0.5) is 19.3 Å². The Labute approximate surface area is 159 Å². The van der Waals surface area contributed by atoms with Crippen molar-refractivity contribution in [3.8, 4) is 0 Å². The highest BCUT2D eigenvalue weighted by atomic mass is 32.2. The third kappa shape index (κ3) is 4.63. The van der Waals surface area contributed by atoms with Crippen molar-refractivity contribution in [2.24, 2.45) is 0 Å². The molecule has 2 saturated heterocycles. The number of benzene rings is 1. The Bertz CT molecular complexity index is 652. The zero-order chi connectivity index (χ0) is 18.7. The van der Waals surface area contributed by atoms with Crippen molar-refractivity contribution in [2.45, 2.75) is 31.3 Å². The van der Waals surface area contributed by atoms with Crippen molar-refractivity contribution in [3.63, 3.8) is 0 Å². The number of halogens is 2. The Morgan fingerprint density at radius 3 is 2.62 bits per heavy atom. The SMILES string of the molecule is O=C1O[C@@H](CNC(=S)C(F)F)CN1c1ccc(C2CC[S+]([O-])CC2)cc1. The molecule has 9 heteroatoms. The second-order valence-electron chi connectivity index (χ2n) is 6.38. The average molecular weight is 402 g/mol. The molecule has 3 rings (SSSR count). The molecule has 26 heavy (non-hydrogen) atoms. The zero-order valence-corrected chi connectivity index (χ0v) is 15.7. The monoisotopic (exact) mass is 402 g/mol. The summed E-state index contributed by atoms with van der Waals surface area (Å²) in [5, 5.41) is 2.42. The molecular weight excluding hydrogens is 382 g/mol. The van der Waals surface area contributed by atoms with E-state index in [4.69, 9.17) is 4.74 Å². The second kappa shape index (κ2) is 8.49. The van der Waals surface area contributed by atoms with Gasteiger partial charge < -0.3 is 14.6 Å². The fourth-order valence-electron chi connectivity index (χ4n) is 3.18. The maximum Gasteiger partial charge on any atom is 0.414 e. The second-order valence-corrected chi connectivity index (χ2v) is 8.51. The summed E-state index contributed by atoms with van der Waals surface area (Å²) in [5.41, 5.74) is 1.88. The minimum atomic E-state index is -2.72. The lowest BCUT2D eigenvalue weighted by molar-refractivity contribution is 0.142. The molecule has 1 aromatic carbocycles. The molecule has 0 bridgehead atoms. The number of thiocarbonyl (C=S) groups is 1. The number of anilines is 1. The Hall–Kier alpha value is -1.45. The number of rotatable bonds is 5. The minimum absolute atomic E-state index is 0.0582. The van der Waals surface area contributed by atoms with Crippen molar-refractivity contribution in [2.75, 3.05) is 29.5 Å². The lowest BCUT2D eigenvalue weighted by Gasteiger charge is -2.24. The van der Waals surface area contributed by atoms with E-state index in [0.717, 1.165) is 24.3 Å². The van der Waals surface area contributed by atoms with Crippen LogP contribution in [0.3, 0.4) is 0 Å². The maximum atomic E-state index is 12.4. The molecule has 1 N–H and O–H groups in total. The van der Waals surface area contributed by atoms with Crippen LogP contribution in [0.25, 0.3) is 0 Å². The van der Waals surface area contributed by atoms with Gasteiger partial charge >= 0.3 is 6.09 Å². The van der Waals surface area contributed by atoms with Crippen LogP contribution in [0, 0.1) is 0 Å². The highest BCUT2D eigenvalue weighted by molar-refractivity contribution is 7.91. The van der Waals surface area contributed by atoms with Crippen LogP contribution in [0.15, 0.2) is 24.3 Å². The zero-order valence-electron chi connectivity index (χ0n) is 14.0. The number of nitrogens with zero attached hydrogens (tertiary/aromatic N) is 1. The molecule has 0 saturated carbocycles. The Kier molecular flexibility index (Phi) is 6.31. The molecule has 0 unspecified atom stereocenters. The highest BCUT2D eigenvalue weighted by Gasteiger charge is 2.33. The molecule has 0 aromatic heterocycles. The molecule has 2 aliphatic heterocycles. The van der Waals surface area contributed by atoms with E-state index in [1.54, 1.807) is 0 Å². The molecule has 0 radical (unpaired) electrons. The lowest BCUT2D eigenvalue weighted by atomic mass is 9.93. The van der Waals surface area contributed by atoms with Gasteiger partial charge in [0.1, 0.15) is 22.6 Å². The van der Waals surface area contributed by atoms with E-state index in [-0.39, 0.29) is 13.1 Å². The Morgan fingerprint density at radius 1 is 1.35 bits per heavy atom. The first-order chi connectivity index (χ1) is 12.4. The van der Waals surface area contributed by atoms with E-state index in [9.17, 15) is 18.1 Å². The predicted molar refractivity (Wildman–Crippen MR) is 101 cm³/mol. The van der Waals surface area contributed by atoms with E-state index in [1.165, 1.54) is 10.5 Å². The largest absolute Gasteiger partial charge is 0.616 e. The predicted octanol–water partition coefficient (Wildman–Crippen LogP) is 2.82. The third-order valence-corrected chi connectivity index (χ3v) is 6.34. The van der Waals surface area contributed by atoms with E-state index in [0.29, 0.717) is 11.6 Å². The van der Waals surface area contributed by atoms with E-state index in [2.05, 4.69) is 17.5 Å². The normalized spacial score (nSPS) is 26.1. The molecule has 0 spiro atoms. The lowest BCUT2D eigenvalue weighted by Crippen LogP contribution is -2.36. The van der Waals surface area contributed by atoms with Gasteiger partial charge in [-0.2, -0.15) is 0 Å². The minimum Gasteiger partial charge on any atom is -0.616 e. The van der Waals surface area contributed by atoms with Crippen molar-refractivity contribution in [1.82, 2.24) is 5.32 Å². The number of ether oxygens (including phenoxy) is 1. The number of carbonyl (C=O) groups excluding carboxylic acids is 1. The van der Waals surface area contributed by atoms with E-state index in [1.807, 2.05) is 24.3 Å². The van der Waals surface area contributed by atoms with Crippen LogP contribution >= 0.6 is 12.2 Å². The smallest absolute Gasteiger partial charge is 0.414 e. The van der Waals surface area contributed by atoms with Gasteiger partial charge in [-0.1, -0.05) is 35.5 Å². The van der Waals surface area contributed by atoms with Gasteiger partial charge in [0.15, 0.2) is 0 Å². The number of hydrogen-bond acceptors (Lipinski definition) is 4. The molecule has 2 aliphatic rings. The van der Waals surface area contributed by atoms with Crippen molar-refractivity contribution in [3.05, 3.63) is 29.8 Å². The number of carbonyl (C=O) groups is 1.